The van der Waals surface area contributed by atoms with Crippen molar-refractivity contribution in [3.63, 3.8) is 0 Å². The Morgan fingerprint density at radius 1 is 1.25 bits per heavy atom. The summed E-state index contributed by atoms with van der Waals surface area (Å²) in [5, 5.41) is 3.58. The van der Waals surface area contributed by atoms with Crippen molar-refractivity contribution in [2.45, 2.75) is 23.9 Å². The van der Waals surface area contributed by atoms with Crippen molar-refractivity contribution in [3.05, 3.63) is 30.6 Å². The number of benzene rings is 1. The minimum atomic E-state index is -3.61. The molecule has 8 nitrogen and oxygen atoms in total. The van der Waals surface area contributed by atoms with Gasteiger partial charge in [0.1, 0.15) is 0 Å². The van der Waals surface area contributed by atoms with Gasteiger partial charge in [-0.2, -0.15) is 4.31 Å². The van der Waals surface area contributed by atoms with Crippen LogP contribution in [0.3, 0.4) is 0 Å². The first-order chi connectivity index (χ1) is 13.2. The van der Waals surface area contributed by atoms with Gasteiger partial charge < -0.3 is 14.8 Å². The topological polar surface area (TPSA) is 87.5 Å². The number of thioether (sulfide) groups is 1. The molecule has 0 atom stereocenters. The average Bonchev–Trinajstić information content (AvgIpc) is 3.05. The quantitative estimate of drug-likeness (QED) is 0.620. The van der Waals surface area contributed by atoms with Gasteiger partial charge in [0.05, 0.1) is 22.0 Å². The highest BCUT2D eigenvalue weighted by Crippen LogP contribution is 2.29. The van der Waals surface area contributed by atoms with Crippen LogP contribution in [-0.4, -0.2) is 61.1 Å². The molecule has 0 saturated carbocycles. The lowest BCUT2D eigenvalue weighted by Crippen LogP contribution is -2.30. The molecule has 1 N–H and O–H groups in total. The number of amides is 1. The summed E-state index contributed by atoms with van der Waals surface area (Å²) in [6.45, 7) is 4.37. The number of hydrogen-bond acceptors (Lipinski definition) is 6. The third-order valence-electron chi connectivity index (χ3n) is 4.18. The van der Waals surface area contributed by atoms with Crippen LogP contribution < -0.4 is 10.2 Å². The Morgan fingerprint density at radius 2 is 1.93 bits per heavy atom. The van der Waals surface area contributed by atoms with E-state index in [1.165, 1.54) is 22.1 Å². The monoisotopic (exact) mass is 425 g/mol. The van der Waals surface area contributed by atoms with Gasteiger partial charge in [0.25, 0.3) is 0 Å². The molecule has 0 aliphatic rings. The first-order valence-corrected chi connectivity index (χ1v) is 11.3. The zero-order chi connectivity index (χ0) is 20.9. The third-order valence-corrected chi connectivity index (χ3v) is 7.28. The molecule has 2 aromatic rings. The molecule has 0 aliphatic carbocycles. The number of hydrogen-bond donors (Lipinski definition) is 1. The molecule has 0 bridgehead atoms. The van der Waals surface area contributed by atoms with E-state index >= 15 is 0 Å². The number of carbonyl (C=O) groups excluding carboxylic acids is 1. The summed E-state index contributed by atoms with van der Waals surface area (Å²) in [5.41, 5.74) is 1.19. The molecule has 1 heterocycles. The predicted molar refractivity (Wildman–Crippen MR) is 113 cm³/mol. The lowest BCUT2D eigenvalue weighted by atomic mass is 10.2. The second kappa shape index (κ2) is 9.44. The zero-order valence-corrected chi connectivity index (χ0v) is 18.5. The van der Waals surface area contributed by atoms with E-state index in [-0.39, 0.29) is 16.6 Å². The molecule has 10 heteroatoms. The fraction of sp³-hybridized carbons (Fsp3) is 0.444. The first-order valence-electron chi connectivity index (χ1n) is 8.92. The molecule has 0 fully saturated rings. The van der Waals surface area contributed by atoms with Crippen LogP contribution in [0.5, 0.6) is 0 Å². The minimum Gasteiger partial charge on any atom is -0.376 e. The van der Waals surface area contributed by atoms with E-state index in [1.54, 1.807) is 32.2 Å². The van der Waals surface area contributed by atoms with Gasteiger partial charge in [0, 0.05) is 46.6 Å². The van der Waals surface area contributed by atoms with E-state index in [4.69, 9.17) is 0 Å². The van der Waals surface area contributed by atoms with Crippen molar-refractivity contribution in [2.75, 3.05) is 43.2 Å². The number of imidazole rings is 1. The van der Waals surface area contributed by atoms with E-state index in [0.717, 1.165) is 10.8 Å². The molecule has 1 amide bonds. The van der Waals surface area contributed by atoms with Crippen LogP contribution in [0.1, 0.15) is 13.8 Å². The molecule has 1 aromatic carbocycles. The van der Waals surface area contributed by atoms with Crippen LogP contribution in [0.25, 0.3) is 0 Å². The molecular formula is C18H27N5O3S2. The fourth-order valence-corrected chi connectivity index (χ4v) is 4.90. The highest BCUT2D eigenvalue weighted by molar-refractivity contribution is 7.99. The maximum Gasteiger partial charge on any atom is 0.243 e. The first kappa shape index (κ1) is 22.3. The molecule has 0 aliphatic heterocycles. The number of carbonyl (C=O) groups is 1. The number of aryl methyl sites for hydroxylation is 1. The van der Waals surface area contributed by atoms with Crippen LogP contribution in [0.15, 0.2) is 40.6 Å². The van der Waals surface area contributed by atoms with Crippen LogP contribution in [-0.2, 0) is 21.9 Å². The summed E-state index contributed by atoms with van der Waals surface area (Å²) in [6.07, 6.45) is 3.48. The highest BCUT2D eigenvalue weighted by atomic mass is 32.2. The van der Waals surface area contributed by atoms with Crippen molar-refractivity contribution in [3.8, 4) is 0 Å². The second-order valence-electron chi connectivity index (χ2n) is 6.32. The van der Waals surface area contributed by atoms with Crippen molar-refractivity contribution < 1.29 is 13.2 Å². The van der Waals surface area contributed by atoms with Gasteiger partial charge in [0.15, 0.2) is 5.16 Å². The highest BCUT2D eigenvalue weighted by Gasteiger charge is 2.23. The van der Waals surface area contributed by atoms with Crippen LogP contribution in [0.2, 0.25) is 0 Å². The second-order valence-corrected chi connectivity index (χ2v) is 9.20. The lowest BCUT2D eigenvalue weighted by molar-refractivity contribution is -0.113. The molecule has 28 heavy (non-hydrogen) atoms. The zero-order valence-electron chi connectivity index (χ0n) is 16.8. The number of nitrogens with one attached hydrogen (secondary N) is 1. The number of anilines is 2. The average molecular weight is 426 g/mol. The van der Waals surface area contributed by atoms with Crippen molar-refractivity contribution in [1.29, 1.82) is 0 Å². The van der Waals surface area contributed by atoms with E-state index in [1.807, 2.05) is 36.8 Å². The SMILES string of the molecule is CCN(CC)S(=O)(=O)c1ccc(N(C)C)c(NC(=O)CSc2nccn2C)c1. The van der Waals surface area contributed by atoms with E-state index < -0.39 is 10.0 Å². The van der Waals surface area contributed by atoms with E-state index in [0.29, 0.717) is 18.8 Å². The van der Waals surface area contributed by atoms with Crippen LogP contribution in [0.4, 0.5) is 11.4 Å². The maximum atomic E-state index is 12.8. The molecular weight excluding hydrogens is 398 g/mol. The molecule has 154 valence electrons. The Kier molecular flexibility index (Phi) is 7.50. The normalized spacial score (nSPS) is 11.6. The van der Waals surface area contributed by atoms with E-state index in [9.17, 15) is 13.2 Å². The molecule has 2 rings (SSSR count). The van der Waals surface area contributed by atoms with Gasteiger partial charge in [0.2, 0.25) is 15.9 Å². The Labute approximate surface area is 171 Å². The van der Waals surface area contributed by atoms with Gasteiger partial charge in [-0.3, -0.25) is 4.79 Å². The minimum absolute atomic E-state index is 0.161. The van der Waals surface area contributed by atoms with Gasteiger partial charge in [-0.25, -0.2) is 13.4 Å². The molecule has 1 aromatic heterocycles. The number of aromatic nitrogens is 2. The largest absolute Gasteiger partial charge is 0.376 e. The Hall–Kier alpha value is -2.04. The summed E-state index contributed by atoms with van der Waals surface area (Å²) in [6, 6.07) is 4.80. The summed E-state index contributed by atoms with van der Waals surface area (Å²) in [7, 11) is 1.93. The standard InChI is InChI=1S/C18H27N5O3S2/c1-6-23(7-2)28(25,26)14-8-9-16(21(3)4)15(12-14)20-17(24)13-27-18-19-10-11-22(18)5/h8-12H,6-7,13H2,1-5H3,(H,20,24). The molecule has 0 radical (unpaired) electrons. The van der Waals surface area contributed by atoms with Gasteiger partial charge in [-0.05, 0) is 18.2 Å². The molecule has 0 spiro atoms. The number of rotatable bonds is 9. The van der Waals surface area contributed by atoms with Gasteiger partial charge in [-0.15, -0.1) is 0 Å². The fourth-order valence-electron chi connectivity index (χ4n) is 2.69. The Balaban J connectivity index is 2.26. The summed E-state index contributed by atoms with van der Waals surface area (Å²) in [4.78, 5) is 18.6. The maximum absolute atomic E-state index is 12.8. The van der Waals surface area contributed by atoms with Crippen LogP contribution >= 0.6 is 11.8 Å². The molecule has 0 unspecified atom stereocenters. The molecule has 0 saturated heterocycles. The summed E-state index contributed by atoms with van der Waals surface area (Å²) in [5.74, 6) is -0.0569. The van der Waals surface area contributed by atoms with Gasteiger partial charge >= 0.3 is 0 Å². The van der Waals surface area contributed by atoms with Crippen molar-refractivity contribution in [1.82, 2.24) is 13.9 Å². The summed E-state index contributed by atoms with van der Waals surface area (Å²) < 4.78 is 28.9. The third kappa shape index (κ3) is 5.06. The Morgan fingerprint density at radius 3 is 2.46 bits per heavy atom. The summed E-state index contributed by atoms with van der Waals surface area (Å²) >= 11 is 1.32. The Bertz CT molecular complexity index is 921. The number of nitrogens with zero attached hydrogens (tertiary/aromatic N) is 4. The van der Waals surface area contributed by atoms with Gasteiger partial charge in [-0.1, -0.05) is 25.6 Å². The predicted octanol–water partition coefficient (Wildman–Crippen LogP) is 2.25. The smallest absolute Gasteiger partial charge is 0.243 e. The van der Waals surface area contributed by atoms with Crippen molar-refractivity contribution in [2.24, 2.45) is 7.05 Å². The lowest BCUT2D eigenvalue weighted by Gasteiger charge is -2.22. The van der Waals surface area contributed by atoms with E-state index in [2.05, 4.69) is 10.3 Å². The van der Waals surface area contributed by atoms with Crippen molar-refractivity contribution >= 4 is 39.1 Å². The van der Waals surface area contributed by atoms with Crippen LogP contribution in [0, 0.1) is 0 Å². The number of sulfonamides is 1.